The van der Waals surface area contributed by atoms with Crippen LogP contribution in [0.5, 0.6) is 11.5 Å². The first kappa shape index (κ1) is 28.2. The largest absolute Gasteiger partial charge is 2.00 e. The SMILES string of the molecule is [Pd+2].c1ccc(P(c2ccccc2)c2ccccc2Oc2ccccc2P(c2ccccc2)c2ccccc2)cc1. The molecule has 0 atom stereocenters. The van der Waals surface area contributed by atoms with E-state index in [0.717, 1.165) is 11.5 Å². The fourth-order valence-corrected chi connectivity index (χ4v) is 9.48. The summed E-state index contributed by atoms with van der Waals surface area (Å²) in [5.41, 5.74) is 0. The van der Waals surface area contributed by atoms with E-state index in [9.17, 15) is 0 Å². The van der Waals surface area contributed by atoms with Crippen LogP contribution in [0.1, 0.15) is 0 Å². The van der Waals surface area contributed by atoms with Crippen LogP contribution in [0.15, 0.2) is 170 Å². The van der Waals surface area contributed by atoms with Crippen LogP contribution in [0.2, 0.25) is 0 Å². The van der Waals surface area contributed by atoms with Crippen LogP contribution in [0.4, 0.5) is 0 Å². The van der Waals surface area contributed by atoms with E-state index in [-0.39, 0.29) is 20.4 Å². The van der Waals surface area contributed by atoms with Crippen molar-refractivity contribution in [2.75, 3.05) is 0 Å². The minimum atomic E-state index is -0.795. The molecule has 0 saturated heterocycles. The molecule has 6 aromatic rings. The number of benzene rings is 6. The first-order valence-corrected chi connectivity index (χ1v) is 15.7. The van der Waals surface area contributed by atoms with Gasteiger partial charge in [-0.3, -0.25) is 0 Å². The van der Waals surface area contributed by atoms with Crippen LogP contribution in [0, 0.1) is 0 Å². The Morgan fingerprint density at radius 2 is 0.550 bits per heavy atom. The van der Waals surface area contributed by atoms with Crippen LogP contribution in [-0.4, -0.2) is 0 Å². The Hall–Kier alpha value is -3.36. The van der Waals surface area contributed by atoms with E-state index < -0.39 is 15.8 Å². The number of ether oxygens (including phenoxy) is 1. The van der Waals surface area contributed by atoms with Crippen molar-refractivity contribution in [2.24, 2.45) is 0 Å². The van der Waals surface area contributed by atoms with E-state index in [0.29, 0.717) is 0 Å². The van der Waals surface area contributed by atoms with Gasteiger partial charge < -0.3 is 4.74 Å². The summed E-state index contributed by atoms with van der Waals surface area (Å²) in [5.74, 6) is 1.81. The standard InChI is InChI=1S/C36H28OP2.Pd/c1-5-17-29(18-6-1)38(30-19-7-2-8-20-30)35-27-15-13-25-33(35)37-34-26-14-16-28-36(34)39(31-21-9-3-10-22-31)32-23-11-4-12-24-32;/h1-28H;/q;+2. The molecule has 0 amide bonds. The Bertz CT molecular complexity index is 1420. The van der Waals surface area contributed by atoms with Gasteiger partial charge in [-0.05, 0) is 49.2 Å². The second-order valence-corrected chi connectivity index (χ2v) is 13.4. The zero-order valence-electron chi connectivity index (χ0n) is 21.8. The summed E-state index contributed by atoms with van der Waals surface area (Å²) >= 11 is 0. The van der Waals surface area contributed by atoms with Crippen LogP contribution >= 0.6 is 15.8 Å². The monoisotopic (exact) mass is 644 g/mol. The summed E-state index contributed by atoms with van der Waals surface area (Å²) in [6.45, 7) is 0. The van der Waals surface area contributed by atoms with Crippen molar-refractivity contribution in [1.29, 1.82) is 0 Å². The van der Waals surface area contributed by atoms with Crippen LogP contribution in [0.3, 0.4) is 0 Å². The van der Waals surface area contributed by atoms with Crippen molar-refractivity contribution in [3.05, 3.63) is 170 Å². The van der Waals surface area contributed by atoms with Gasteiger partial charge in [-0.25, -0.2) is 0 Å². The van der Waals surface area contributed by atoms with E-state index in [1.54, 1.807) is 0 Å². The number of hydrogen-bond donors (Lipinski definition) is 0. The molecule has 0 aromatic heterocycles. The van der Waals surface area contributed by atoms with Crippen LogP contribution in [-0.2, 0) is 20.4 Å². The molecule has 6 aromatic carbocycles. The fourth-order valence-electron chi connectivity index (χ4n) is 4.74. The molecule has 0 aliphatic rings. The van der Waals surface area contributed by atoms with Crippen molar-refractivity contribution < 1.29 is 25.2 Å². The summed E-state index contributed by atoms with van der Waals surface area (Å²) in [6.07, 6.45) is 0. The van der Waals surface area contributed by atoms with Gasteiger partial charge in [0.25, 0.3) is 0 Å². The molecule has 6 rings (SSSR count). The van der Waals surface area contributed by atoms with Gasteiger partial charge in [0.1, 0.15) is 11.5 Å². The van der Waals surface area contributed by atoms with Crippen molar-refractivity contribution in [3.63, 3.8) is 0 Å². The normalized spacial score (nSPS) is 10.8. The molecule has 0 aliphatic heterocycles. The number of rotatable bonds is 8. The van der Waals surface area contributed by atoms with Gasteiger partial charge in [-0.15, -0.1) is 0 Å². The first-order valence-electron chi connectivity index (χ1n) is 13.0. The van der Waals surface area contributed by atoms with Crippen molar-refractivity contribution >= 4 is 47.7 Å². The molecule has 0 fully saturated rings. The van der Waals surface area contributed by atoms with E-state index in [1.807, 2.05) is 0 Å². The Labute approximate surface area is 253 Å². The molecule has 0 N–H and O–H groups in total. The molecular formula is C36H28OP2Pd+2. The molecule has 4 heteroatoms. The van der Waals surface area contributed by atoms with Crippen molar-refractivity contribution in [3.8, 4) is 11.5 Å². The van der Waals surface area contributed by atoms with Crippen molar-refractivity contribution in [1.82, 2.24) is 0 Å². The maximum Gasteiger partial charge on any atom is 2.00 e. The smallest absolute Gasteiger partial charge is 0.456 e. The van der Waals surface area contributed by atoms with E-state index in [2.05, 4.69) is 170 Å². The molecule has 1 nitrogen and oxygen atoms in total. The maximum absolute atomic E-state index is 6.92. The second kappa shape index (κ2) is 13.8. The Morgan fingerprint density at radius 1 is 0.300 bits per heavy atom. The van der Waals surface area contributed by atoms with Gasteiger partial charge in [0.2, 0.25) is 0 Å². The van der Waals surface area contributed by atoms with Gasteiger partial charge in [-0.1, -0.05) is 158 Å². The molecular weight excluding hydrogens is 617 g/mol. The van der Waals surface area contributed by atoms with Gasteiger partial charge in [0.05, 0.1) is 0 Å². The van der Waals surface area contributed by atoms with Gasteiger partial charge in [0.15, 0.2) is 0 Å². The van der Waals surface area contributed by atoms with E-state index >= 15 is 0 Å². The second-order valence-electron chi connectivity index (χ2n) is 9.05. The average molecular weight is 645 g/mol. The summed E-state index contributed by atoms with van der Waals surface area (Å²) in [5, 5.41) is 7.64. The molecule has 0 saturated carbocycles. The summed E-state index contributed by atoms with van der Waals surface area (Å²) in [4.78, 5) is 0. The van der Waals surface area contributed by atoms with Gasteiger partial charge in [0, 0.05) is 10.6 Å². The van der Waals surface area contributed by atoms with Gasteiger partial charge in [-0.2, -0.15) is 0 Å². The molecule has 0 bridgehead atoms. The van der Waals surface area contributed by atoms with Crippen molar-refractivity contribution in [2.45, 2.75) is 0 Å². The summed E-state index contributed by atoms with van der Waals surface area (Å²) in [7, 11) is -1.59. The zero-order valence-corrected chi connectivity index (χ0v) is 25.1. The minimum Gasteiger partial charge on any atom is -0.456 e. The minimum absolute atomic E-state index is 0. The molecule has 0 heterocycles. The molecule has 40 heavy (non-hydrogen) atoms. The first-order chi connectivity index (χ1) is 19.4. The third-order valence-corrected chi connectivity index (χ3v) is 11.5. The topological polar surface area (TPSA) is 9.23 Å². The Kier molecular flexibility index (Phi) is 9.73. The Morgan fingerprint density at radius 3 is 0.850 bits per heavy atom. The maximum atomic E-state index is 6.92. The van der Waals surface area contributed by atoms with Crippen LogP contribution in [0.25, 0.3) is 0 Å². The van der Waals surface area contributed by atoms with E-state index in [1.165, 1.54) is 31.8 Å². The summed E-state index contributed by atoms with van der Waals surface area (Å²) in [6, 6.07) is 60.2. The molecule has 0 radical (unpaired) electrons. The third-order valence-electron chi connectivity index (χ3n) is 6.49. The van der Waals surface area contributed by atoms with Crippen LogP contribution < -0.4 is 36.6 Å². The molecule has 0 unspecified atom stereocenters. The van der Waals surface area contributed by atoms with E-state index in [4.69, 9.17) is 4.74 Å². The molecule has 196 valence electrons. The zero-order chi connectivity index (χ0) is 26.3. The number of hydrogen-bond acceptors (Lipinski definition) is 1. The fraction of sp³-hybridized carbons (Fsp3) is 0. The number of para-hydroxylation sites is 2. The average Bonchev–Trinajstić information content (AvgIpc) is 3.01. The third kappa shape index (κ3) is 6.34. The Balaban J connectivity index is 0.00000323. The summed E-state index contributed by atoms with van der Waals surface area (Å²) < 4.78 is 6.92. The molecule has 0 aliphatic carbocycles. The van der Waals surface area contributed by atoms with Gasteiger partial charge >= 0.3 is 20.4 Å². The predicted molar refractivity (Wildman–Crippen MR) is 170 cm³/mol. The quantitative estimate of drug-likeness (QED) is 0.128. The predicted octanol–water partition coefficient (Wildman–Crippen LogP) is 6.99. The molecule has 0 spiro atoms.